The number of nitrogens with zero attached hydrogens (tertiary/aromatic N) is 3. The largest absolute Gasteiger partial charge is 0.382 e. The highest BCUT2D eigenvalue weighted by Crippen LogP contribution is 2.34. The van der Waals surface area contributed by atoms with Crippen LogP contribution in [0.5, 0.6) is 0 Å². The van der Waals surface area contributed by atoms with Gasteiger partial charge in [0, 0.05) is 25.0 Å². The highest BCUT2D eigenvalue weighted by molar-refractivity contribution is 6.03. The van der Waals surface area contributed by atoms with Crippen molar-refractivity contribution in [3.05, 3.63) is 53.3 Å². The lowest BCUT2D eigenvalue weighted by atomic mass is 9.93. The minimum absolute atomic E-state index is 0.0393. The third kappa shape index (κ3) is 4.11. The standard InChI is InChI=1S/C25H26F2N4O2/c1-15-10-19(27)13-20(25(32)31-5-4-18(26)14-31)23(15)16-2-3-21-17(11-16)12-22(24(28)29-21)30-6-8-33-9-7-30/h2-3,10-13,18H,4-9,14H2,1H3,(H2,28,29). The van der Waals surface area contributed by atoms with Crippen molar-refractivity contribution in [2.24, 2.45) is 0 Å². The summed E-state index contributed by atoms with van der Waals surface area (Å²) in [6.07, 6.45) is -0.731. The molecule has 2 aliphatic rings. The summed E-state index contributed by atoms with van der Waals surface area (Å²) in [6.45, 7) is 4.89. The highest BCUT2D eigenvalue weighted by Gasteiger charge is 2.29. The van der Waals surface area contributed by atoms with Crippen LogP contribution in [0.2, 0.25) is 0 Å². The molecular weight excluding hydrogens is 426 g/mol. The van der Waals surface area contributed by atoms with Gasteiger partial charge in [-0.25, -0.2) is 13.8 Å². The van der Waals surface area contributed by atoms with Crippen molar-refractivity contribution in [2.45, 2.75) is 19.5 Å². The fourth-order valence-corrected chi connectivity index (χ4v) is 4.76. The maximum Gasteiger partial charge on any atom is 0.254 e. The van der Waals surface area contributed by atoms with Gasteiger partial charge in [-0.2, -0.15) is 0 Å². The lowest BCUT2D eigenvalue weighted by molar-refractivity contribution is 0.0783. The number of anilines is 2. The molecule has 2 aromatic carbocycles. The van der Waals surface area contributed by atoms with E-state index in [1.54, 1.807) is 6.92 Å². The molecule has 2 saturated heterocycles. The Labute approximate surface area is 190 Å². The Hall–Kier alpha value is -3.26. The minimum Gasteiger partial charge on any atom is -0.382 e. The summed E-state index contributed by atoms with van der Waals surface area (Å²) in [7, 11) is 0. The fourth-order valence-electron chi connectivity index (χ4n) is 4.76. The van der Waals surface area contributed by atoms with Gasteiger partial charge < -0.3 is 20.3 Å². The normalized spacial score (nSPS) is 18.8. The van der Waals surface area contributed by atoms with Crippen LogP contribution in [-0.2, 0) is 4.74 Å². The zero-order chi connectivity index (χ0) is 23.1. The summed E-state index contributed by atoms with van der Waals surface area (Å²) < 4.78 is 33.5. The molecule has 0 saturated carbocycles. The van der Waals surface area contributed by atoms with E-state index in [0.29, 0.717) is 43.1 Å². The maximum absolute atomic E-state index is 14.3. The second-order valence-corrected chi connectivity index (χ2v) is 8.68. The van der Waals surface area contributed by atoms with Gasteiger partial charge in [-0.1, -0.05) is 6.07 Å². The van der Waals surface area contributed by atoms with E-state index < -0.39 is 12.0 Å². The molecule has 2 aliphatic heterocycles. The Bertz CT molecular complexity index is 1230. The Kier molecular flexibility index (Phi) is 5.62. The van der Waals surface area contributed by atoms with E-state index in [4.69, 9.17) is 10.5 Å². The van der Waals surface area contributed by atoms with E-state index in [9.17, 15) is 13.6 Å². The molecule has 33 heavy (non-hydrogen) atoms. The number of aromatic nitrogens is 1. The predicted octanol–water partition coefficient (Wildman–Crippen LogP) is 3.95. The third-order valence-electron chi connectivity index (χ3n) is 6.41. The molecule has 1 aromatic heterocycles. The van der Waals surface area contributed by atoms with Crippen LogP contribution >= 0.6 is 0 Å². The molecule has 6 nitrogen and oxygen atoms in total. The topological polar surface area (TPSA) is 71.7 Å². The number of ether oxygens (including phenoxy) is 1. The number of alkyl halides is 1. The number of morpholine rings is 1. The molecule has 2 fully saturated rings. The van der Waals surface area contributed by atoms with E-state index in [0.717, 1.165) is 35.2 Å². The lowest BCUT2D eigenvalue weighted by Gasteiger charge is -2.29. The first-order valence-electron chi connectivity index (χ1n) is 11.2. The second-order valence-electron chi connectivity index (χ2n) is 8.68. The van der Waals surface area contributed by atoms with Crippen LogP contribution in [0.3, 0.4) is 0 Å². The van der Waals surface area contributed by atoms with E-state index >= 15 is 0 Å². The number of nitrogen functional groups attached to an aromatic ring is 1. The minimum atomic E-state index is -1.04. The summed E-state index contributed by atoms with van der Waals surface area (Å²) in [5, 5.41) is 0.871. The molecular formula is C25H26F2N4O2. The number of fused-ring (bicyclic) bond motifs is 1. The van der Waals surface area contributed by atoms with Crippen molar-refractivity contribution in [1.29, 1.82) is 0 Å². The number of nitrogens with two attached hydrogens (primary N) is 1. The van der Waals surface area contributed by atoms with Gasteiger partial charge in [0.05, 0.1) is 36.5 Å². The molecule has 0 bridgehead atoms. The van der Waals surface area contributed by atoms with Crippen LogP contribution in [-0.4, -0.2) is 61.4 Å². The van der Waals surface area contributed by atoms with Crippen LogP contribution in [0.15, 0.2) is 36.4 Å². The van der Waals surface area contributed by atoms with Crippen molar-refractivity contribution in [1.82, 2.24) is 9.88 Å². The van der Waals surface area contributed by atoms with E-state index in [1.165, 1.54) is 17.0 Å². The Balaban J connectivity index is 1.60. The molecule has 2 N–H and O–H groups in total. The van der Waals surface area contributed by atoms with Crippen LogP contribution in [0.25, 0.3) is 22.0 Å². The first-order valence-corrected chi connectivity index (χ1v) is 11.2. The van der Waals surface area contributed by atoms with Crippen molar-refractivity contribution in [2.75, 3.05) is 50.0 Å². The zero-order valence-electron chi connectivity index (χ0n) is 18.5. The molecule has 1 unspecified atom stereocenters. The molecule has 1 amide bonds. The molecule has 0 aliphatic carbocycles. The lowest BCUT2D eigenvalue weighted by Crippen LogP contribution is -2.36. The average Bonchev–Trinajstić information content (AvgIpc) is 3.24. The summed E-state index contributed by atoms with van der Waals surface area (Å²) in [5.74, 6) is -0.376. The van der Waals surface area contributed by atoms with Gasteiger partial charge in [-0.15, -0.1) is 0 Å². The van der Waals surface area contributed by atoms with Gasteiger partial charge in [0.25, 0.3) is 5.91 Å². The fraction of sp³-hybridized carbons (Fsp3) is 0.360. The number of pyridine rings is 1. The summed E-state index contributed by atoms with van der Waals surface area (Å²) in [4.78, 5) is 21.4. The molecule has 3 heterocycles. The van der Waals surface area contributed by atoms with Crippen LogP contribution < -0.4 is 10.6 Å². The van der Waals surface area contributed by atoms with Gasteiger partial charge in [0.1, 0.15) is 17.8 Å². The number of benzene rings is 2. The Morgan fingerprint density at radius 1 is 1.15 bits per heavy atom. The molecule has 0 spiro atoms. The quantitative estimate of drug-likeness (QED) is 0.652. The maximum atomic E-state index is 14.3. The SMILES string of the molecule is Cc1cc(F)cc(C(=O)N2CCC(F)C2)c1-c1ccc2nc(N)c(N3CCOCC3)cc2c1. The van der Waals surface area contributed by atoms with Gasteiger partial charge in [0.2, 0.25) is 0 Å². The predicted molar refractivity (Wildman–Crippen MR) is 125 cm³/mol. The number of carbonyl (C=O) groups is 1. The molecule has 0 radical (unpaired) electrons. The first-order chi connectivity index (χ1) is 15.9. The average molecular weight is 453 g/mol. The number of halogens is 2. The number of amides is 1. The van der Waals surface area contributed by atoms with E-state index in [-0.39, 0.29) is 18.0 Å². The summed E-state index contributed by atoms with van der Waals surface area (Å²) in [5.41, 5.74) is 10.1. The van der Waals surface area contributed by atoms with Crippen LogP contribution in [0.1, 0.15) is 22.3 Å². The zero-order valence-corrected chi connectivity index (χ0v) is 18.5. The van der Waals surface area contributed by atoms with Crippen molar-refractivity contribution in [3.63, 3.8) is 0 Å². The van der Waals surface area contributed by atoms with Gasteiger partial charge in [-0.05, 0) is 60.4 Å². The Morgan fingerprint density at radius 2 is 1.94 bits per heavy atom. The molecule has 172 valence electrons. The van der Waals surface area contributed by atoms with Gasteiger partial charge >= 0.3 is 0 Å². The monoisotopic (exact) mass is 452 g/mol. The number of rotatable bonds is 3. The third-order valence-corrected chi connectivity index (χ3v) is 6.41. The van der Waals surface area contributed by atoms with Crippen LogP contribution in [0, 0.1) is 12.7 Å². The number of hydrogen-bond acceptors (Lipinski definition) is 5. The number of likely N-dealkylation sites (tertiary alicyclic amines) is 1. The van der Waals surface area contributed by atoms with Crippen molar-refractivity contribution < 1.29 is 18.3 Å². The Morgan fingerprint density at radius 3 is 2.67 bits per heavy atom. The number of aryl methyl sites for hydroxylation is 1. The molecule has 1 atom stereocenters. The molecule has 8 heteroatoms. The number of hydrogen-bond donors (Lipinski definition) is 1. The highest BCUT2D eigenvalue weighted by atomic mass is 19.1. The first kappa shape index (κ1) is 21.6. The van der Waals surface area contributed by atoms with Gasteiger partial charge in [-0.3, -0.25) is 4.79 Å². The van der Waals surface area contributed by atoms with E-state index in [1.807, 2.05) is 24.3 Å². The second kappa shape index (κ2) is 8.59. The number of carbonyl (C=O) groups excluding carboxylic acids is 1. The van der Waals surface area contributed by atoms with E-state index in [2.05, 4.69) is 9.88 Å². The summed E-state index contributed by atoms with van der Waals surface area (Å²) >= 11 is 0. The van der Waals surface area contributed by atoms with Crippen molar-refractivity contribution in [3.8, 4) is 11.1 Å². The molecule has 5 rings (SSSR count). The van der Waals surface area contributed by atoms with Crippen molar-refractivity contribution >= 4 is 28.3 Å². The van der Waals surface area contributed by atoms with Gasteiger partial charge in [0.15, 0.2) is 0 Å². The summed E-state index contributed by atoms with van der Waals surface area (Å²) in [6, 6.07) is 10.3. The molecule has 3 aromatic rings. The van der Waals surface area contributed by atoms with Crippen LogP contribution in [0.4, 0.5) is 20.3 Å². The smallest absolute Gasteiger partial charge is 0.254 e.